The third-order valence-corrected chi connectivity index (χ3v) is 2.96. The Kier molecular flexibility index (Phi) is 3.64. The van der Waals surface area contributed by atoms with Crippen molar-refractivity contribution in [2.24, 2.45) is 0 Å². The maximum absolute atomic E-state index is 11.5. The van der Waals surface area contributed by atoms with Gasteiger partial charge in [-0.3, -0.25) is 4.79 Å². The summed E-state index contributed by atoms with van der Waals surface area (Å²) in [5.74, 6) is 0.0893. The quantitative estimate of drug-likeness (QED) is 0.780. The number of carbonyl (C=O) groups is 1. The van der Waals surface area contributed by atoms with E-state index in [9.17, 15) is 9.90 Å². The monoisotopic (exact) mass is 235 g/mol. The Hall–Kier alpha value is -1.55. The lowest BCUT2D eigenvalue weighted by Gasteiger charge is -2.26. The molecule has 0 bridgehead atoms. The molecule has 1 atom stereocenters. The van der Waals surface area contributed by atoms with Crippen LogP contribution in [0.5, 0.6) is 5.75 Å². The van der Waals surface area contributed by atoms with E-state index in [1.807, 2.05) is 6.07 Å². The zero-order valence-corrected chi connectivity index (χ0v) is 9.90. The van der Waals surface area contributed by atoms with Gasteiger partial charge in [-0.05, 0) is 43.1 Å². The minimum atomic E-state index is -0.189. The minimum absolute atomic E-state index is 0.00148. The second-order valence-corrected chi connectivity index (χ2v) is 4.15. The lowest BCUT2D eigenvalue weighted by Crippen LogP contribution is -2.31. The Balaban J connectivity index is 2.14. The highest BCUT2D eigenvalue weighted by Gasteiger charge is 2.22. The van der Waals surface area contributed by atoms with E-state index in [0.717, 1.165) is 24.1 Å². The number of carbonyl (C=O) groups excluding carboxylic acids is 1. The standard InChI is InChI=1S/C13H17NO3/c1-2-17-13(16)8-12-11-4-3-10(15)7-9(11)5-6-14-12/h3-4,7,12,14-15H,2,5-6,8H2,1H3. The number of hydrogen-bond acceptors (Lipinski definition) is 4. The van der Waals surface area contributed by atoms with Crippen LogP contribution in [0.4, 0.5) is 0 Å². The Labute approximate surface area is 101 Å². The molecule has 1 aromatic carbocycles. The zero-order chi connectivity index (χ0) is 12.3. The van der Waals surface area contributed by atoms with E-state index < -0.39 is 0 Å². The van der Waals surface area contributed by atoms with Crippen molar-refractivity contribution in [1.82, 2.24) is 5.32 Å². The van der Waals surface area contributed by atoms with Gasteiger partial charge in [-0.2, -0.15) is 0 Å². The highest BCUT2D eigenvalue weighted by molar-refractivity contribution is 5.70. The van der Waals surface area contributed by atoms with Crippen LogP contribution in [0.25, 0.3) is 0 Å². The van der Waals surface area contributed by atoms with Crippen molar-refractivity contribution in [2.75, 3.05) is 13.2 Å². The summed E-state index contributed by atoms with van der Waals surface area (Å²) in [6.07, 6.45) is 1.22. The maximum atomic E-state index is 11.5. The summed E-state index contributed by atoms with van der Waals surface area (Å²) >= 11 is 0. The van der Waals surface area contributed by atoms with Crippen molar-refractivity contribution in [3.63, 3.8) is 0 Å². The zero-order valence-electron chi connectivity index (χ0n) is 9.90. The minimum Gasteiger partial charge on any atom is -0.508 e. The van der Waals surface area contributed by atoms with E-state index in [1.54, 1.807) is 19.1 Å². The van der Waals surface area contributed by atoms with E-state index in [1.165, 1.54) is 0 Å². The lowest BCUT2D eigenvalue weighted by atomic mass is 9.92. The molecule has 1 unspecified atom stereocenters. The first-order chi connectivity index (χ1) is 8.20. The highest BCUT2D eigenvalue weighted by Crippen LogP contribution is 2.28. The molecule has 92 valence electrons. The van der Waals surface area contributed by atoms with Gasteiger partial charge in [0.1, 0.15) is 5.75 Å². The fraction of sp³-hybridized carbons (Fsp3) is 0.462. The first kappa shape index (κ1) is 11.9. The summed E-state index contributed by atoms with van der Waals surface area (Å²) < 4.78 is 4.96. The number of benzene rings is 1. The number of nitrogens with one attached hydrogen (secondary N) is 1. The Morgan fingerprint density at radius 3 is 3.18 bits per heavy atom. The number of hydrogen-bond donors (Lipinski definition) is 2. The third-order valence-electron chi connectivity index (χ3n) is 2.96. The fourth-order valence-corrected chi connectivity index (χ4v) is 2.21. The van der Waals surface area contributed by atoms with Crippen LogP contribution in [0.3, 0.4) is 0 Å². The Morgan fingerprint density at radius 1 is 1.59 bits per heavy atom. The molecule has 1 aromatic rings. The number of aromatic hydroxyl groups is 1. The summed E-state index contributed by atoms with van der Waals surface area (Å²) in [4.78, 5) is 11.5. The first-order valence-electron chi connectivity index (χ1n) is 5.91. The van der Waals surface area contributed by atoms with Crippen molar-refractivity contribution in [3.8, 4) is 5.75 Å². The highest BCUT2D eigenvalue weighted by atomic mass is 16.5. The summed E-state index contributed by atoms with van der Waals surface area (Å²) in [7, 11) is 0. The van der Waals surface area contributed by atoms with Gasteiger partial charge in [0.2, 0.25) is 0 Å². The van der Waals surface area contributed by atoms with Gasteiger partial charge in [-0.15, -0.1) is 0 Å². The van der Waals surface area contributed by atoms with Crippen LogP contribution in [0, 0.1) is 0 Å². The summed E-state index contributed by atoms with van der Waals surface area (Å²) in [5.41, 5.74) is 2.19. The predicted octanol–water partition coefficient (Wildman–Crippen LogP) is 1.53. The molecule has 1 heterocycles. The van der Waals surface area contributed by atoms with Gasteiger partial charge in [-0.25, -0.2) is 0 Å². The van der Waals surface area contributed by atoms with Gasteiger partial charge in [0.25, 0.3) is 0 Å². The van der Waals surface area contributed by atoms with Crippen molar-refractivity contribution < 1.29 is 14.6 Å². The van der Waals surface area contributed by atoms with Gasteiger partial charge in [0.05, 0.1) is 13.0 Å². The molecular weight excluding hydrogens is 218 g/mol. The molecule has 1 aliphatic rings. The SMILES string of the molecule is CCOC(=O)CC1NCCc2cc(O)ccc21. The molecule has 0 saturated carbocycles. The predicted molar refractivity (Wildman–Crippen MR) is 63.8 cm³/mol. The van der Waals surface area contributed by atoms with E-state index in [2.05, 4.69) is 5.32 Å². The second-order valence-electron chi connectivity index (χ2n) is 4.15. The number of fused-ring (bicyclic) bond motifs is 1. The molecule has 2 N–H and O–H groups in total. The normalized spacial score (nSPS) is 18.5. The molecule has 0 spiro atoms. The van der Waals surface area contributed by atoms with Gasteiger partial charge in [-0.1, -0.05) is 6.07 Å². The van der Waals surface area contributed by atoms with E-state index >= 15 is 0 Å². The van der Waals surface area contributed by atoms with Crippen LogP contribution >= 0.6 is 0 Å². The topological polar surface area (TPSA) is 58.6 Å². The molecule has 4 nitrogen and oxygen atoms in total. The van der Waals surface area contributed by atoms with Crippen molar-refractivity contribution in [1.29, 1.82) is 0 Å². The molecule has 0 amide bonds. The van der Waals surface area contributed by atoms with Crippen LogP contribution in [-0.4, -0.2) is 24.2 Å². The second kappa shape index (κ2) is 5.19. The fourth-order valence-electron chi connectivity index (χ4n) is 2.21. The van der Waals surface area contributed by atoms with E-state index in [-0.39, 0.29) is 17.8 Å². The summed E-state index contributed by atoms with van der Waals surface area (Å²) in [6.45, 7) is 3.03. The molecule has 0 radical (unpaired) electrons. The average Bonchev–Trinajstić information content (AvgIpc) is 2.29. The van der Waals surface area contributed by atoms with Crippen molar-refractivity contribution in [3.05, 3.63) is 29.3 Å². The van der Waals surface area contributed by atoms with Gasteiger partial charge < -0.3 is 15.2 Å². The molecule has 0 fully saturated rings. The van der Waals surface area contributed by atoms with Crippen LogP contribution in [0.2, 0.25) is 0 Å². The third kappa shape index (κ3) is 2.77. The van der Waals surface area contributed by atoms with Crippen molar-refractivity contribution in [2.45, 2.75) is 25.8 Å². The van der Waals surface area contributed by atoms with Crippen LogP contribution in [0.1, 0.15) is 30.5 Å². The summed E-state index contributed by atoms with van der Waals surface area (Å²) in [5, 5.41) is 12.7. The van der Waals surface area contributed by atoms with E-state index in [4.69, 9.17) is 4.74 Å². The molecule has 2 rings (SSSR count). The number of rotatable bonds is 3. The van der Waals surface area contributed by atoms with E-state index in [0.29, 0.717) is 13.0 Å². The smallest absolute Gasteiger partial charge is 0.307 e. The maximum Gasteiger partial charge on any atom is 0.307 e. The van der Waals surface area contributed by atoms with Gasteiger partial charge in [0.15, 0.2) is 0 Å². The summed E-state index contributed by atoms with van der Waals surface area (Å²) in [6, 6.07) is 5.30. The Morgan fingerprint density at radius 2 is 2.41 bits per heavy atom. The number of phenols is 1. The molecule has 0 saturated heterocycles. The lowest BCUT2D eigenvalue weighted by molar-refractivity contribution is -0.143. The van der Waals surface area contributed by atoms with Crippen LogP contribution in [0.15, 0.2) is 18.2 Å². The number of ether oxygens (including phenoxy) is 1. The molecule has 1 aliphatic heterocycles. The largest absolute Gasteiger partial charge is 0.508 e. The average molecular weight is 235 g/mol. The molecule has 4 heteroatoms. The van der Waals surface area contributed by atoms with Gasteiger partial charge in [0, 0.05) is 6.04 Å². The number of phenolic OH excluding ortho intramolecular Hbond substituents is 1. The molecule has 0 aromatic heterocycles. The van der Waals surface area contributed by atoms with Crippen LogP contribution in [-0.2, 0) is 16.0 Å². The molecular formula is C13H17NO3. The molecule has 17 heavy (non-hydrogen) atoms. The number of esters is 1. The van der Waals surface area contributed by atoms with Gasteiger partial charge >= 0.3 is 5.97 Å². The van der Waals surface area contributed by atoms with Crippen molar-refractivity contribution >= 4 is 5.97 Å². The van der Waals surface area contributed by atoms with Crippen LogP contribution < -0.4 is 5.32 Å². The first-order valence-corrected chi connectivity index (χ1v) is 5.91. The molecule has 0 aliphatic carbocycles. The Bertz CT molecular complexity index is 417.